The fraction of sp³-hybridized carbons (Fsp3) is 0.222. The maximum Gasteiger partial charge on any atom is 0.339 e. The van der Waals surface area contributed by atoms with Crippen LogP contribution in [0.4, 0.5) is 17.1 Å². The van der Waals surface area contributed by atoms with Gasteiger partial charge in [-0.1, -0.05) is 18.2 Å². The summed E-state index contributed by atoms with van der Waals surface area (Å²) in [5.41, 5.74) is 0.648. The Hall–Kier alpha value is -3.42. The van der Waals surface area contributed by atoms with Gasteiger partial charge in [-0.05, 0) is 31.2 Å². The van der Waals surface area contributed by atoms with Crippen LogP contribution in [0.2, 0.25) is 0 Å². The smallest absolute Gasteiger partial charge is 0.339 e. The van der Waals surface area contributed by atoms with Crippen LogP contribution in [-0.4, -0.2) is 41.9 Å². The third-order valence-corrected chi connectivity index (χ3v) is 3.56. The van der Waals surface area contributed by atoms with Gasteiger partial charge in [0.1, 0.15) is 5.69 Å². The minimum Gasteiger partial charge on any atom is -0.449 e. The van der Waals surface area contributed by atoms with Crippen molar-refractivity contribution in [1.82, 2.24) is 4.90 Å². The number of nitro groups is 1. The Bertz CT molecular complexity index is 821. The number of anilines is 2. The summed E-state index contributed by atoms with van der Waals surface area (Å²) in [6, 6.07) is 12.9. The number of ether oxygens (including phenoxy) is 1. The highest BCUT2D eigenvalue weighted by Crippen LogP contribution is 2.29. The minimum atomic E-state index is -0.987. The van der Waals surface area contributed by atoms with E-state index < -0.39 is 17.0 Å². The number of carbonyl (C=O) groups excluding carboxylic acids is 2. The van der Waals surface area contributed by atoms with Gasteiger partial charge in [0.25, 0.3) is 11.6 Å². The van der Waals surface area contributed by atoms with Crippen molar-refractivity contribution in [2.24, 2.45) is 0 Å². The van der Waals surface area contributed by atoms with E-state index in [1.807, 2.05) is 6.07 Å². The van der Waals surface area contributed by atoms with E-state index in [1.165, 1.54) is 24.0 Å². The Balaban J connectivity index is 2.23. The molecule has 0 bridgehead atoms. The summed E-state index contributed by atoms with van der Waals surface area (Å²) in [4.78, 5) is 36.0. The number of esters is 1. The van der Waals surface area contributed by atoms with Gasteiger partial charge < -0.3 is 15.0 Å². The number of hydrogen-bond donors (Lipinski definition) is 1. The minimum absolute atomic E-state index is 0.00582. The molecule has 2 rings (SSSR count). The number of nitrogens with zero attached hydrogens (tertiary/aromatic N) is 2. The van der Waals surface area contributed by atoms with E-state index in [2.05, 4.69) is 5.32 Å². The molecule has 0 unspecified atom stereocenters. The summed E-state index contributed by atoms with van der Waals surface area (Å²) >= 11 is 0. The standard InChI is InChI=1S/C18H19N3O5/c1-12(17(22)20(2)3)26-18(23)13-9-10-15(16(11-13)21(24)25)19-14-7-5-4-6-8-14/h4-12,19H,1-3H3/t12-/m0/s1. The van der Waals surface area contributed by atoms with Crippen LogP contribution in [0.3, 0.4) is 0 Å². The first-order chi connectivity index (χ1) is 12.3. The van der Waals surface area contributed by atoms with Crippen LogP contribution in [0, 0.1) is 10.1 Å². The second-order valence-electron chi connectivity index (χ2n) is 5.76. The predicted octanol–water partition coefficient (Wildman–Crippen LogP) is 2.97. The van der Waals surface area contributed by atoms with Gasteiger partial charge in [0.2, 0.25) is 0 Å². The summed E-state index contributed by atoms with van der Waals surface area (Å²) in [6.45, 7) is 1.44. The summed E-state index contributed by atoms with van der Waals surface area (Å²) < 4.78 is 5.08. The van der Waals surface area contributed by atoms with Crippen LogP contribution in [-0.2, 0) is 9.53 Å². The molecule has 8 nitrogen and oxygen atoms in total. The van der Waals surface area contributed by atoms with Gasteiger partial charge >= 0.3 is 5.97 Å². The van der Waals surface area contributed by atoms with Gasteiger partial charge in [-0.3, -0.25) is 14.9 Å². The van der Waals surface area contributed by atoms with Crippen LogP contribution < -0.4 is 5.32 Å². The highest BCUT2D eigenvalue weighted by molar-refractivity contribution is 5.93. The first-order valence-corrected chi connectivity index (χ1v) is 7.82. The second-order valence-corrected chi connectivity index (χ2v) is 5.76. The number of nitro benzene ring substituents is 1. The Kier molecular flexibility index (Phi) is 5.90. The topological polar surface area (TPSA) is 102 Å². The molecule has 0 saturated heterocycles. The van der Waals surface area contributed by atoms with Crippen LogP contribution in [0.1, 0.15) is 17.3 Å². The molecule has 0 aliphatic carbocycles. The van der Waals surface area contributed by atoms with E-state index in [9.17, 15) is 19.7 Å². The Morgan fingerprint density at radius 3 is 2.38 bits per heavy atom. The highest BCUT2D eigenvalue weighted by atomic mass is 16.6. The molecule has 0 aliphatic heterocycles. The lowest BCUT2D eigenvalue weighted by Gasteiger charge is -2.17. The van der Waals surface area contributed by atoms with Crippen molar-refractivity contribution < 1.29 is 19.2 Å². The van der Waals surface area contributed by atoms with Crippen molar-refractivity contribution in [1.29, 1.82) is 0 Å². The van der Waals surface area contributed by atoms with Crippen molar-refractivity contribution >= 4 is 28.9 Å². The Labute approximate surface area is 150 Å². The zero-order chi connectivity index (χ0) is 19.3. The molecule has 0 saturated carbocycles. The summed E-state index contributed by atoms with van der Waals surface area (Å²) in [5, 5.41) is 14.3. The fourth-order valence-corrected chi connectivity index (χ4v) is 2.23. The first kappa shape index (κ1) is 18.9. The van der Waals surface area contributed by atoms with E-state index >= 15 is 0 Å². The number of carbonyl (C=O) groups is 2. The monoisotopic (exact) mass is 357 g/mol. The molecule has 26 heavy (non-hydrogen) atoms. The highest BCUT2D eigenvalue weighted by Gasteiger charge is 2.23. The molecule has 1 amide bonds. The largest absolute Gasteiger partial charge is 0.449 e. The van der Waals surface area contributed by atoms with Gasteiger partial charge in [-0.2, -0.15) is 0 Å². The average Bonchev–Trinajstić information content (AvgIpc) is 2.61. The maximum absolute atomic E-state index is 12.2. The summed E-state index contributed by atoms with van der Waals surface area (Å²) in [7, 11) is 3.09. The van der Waals surface area contributed by atoms with Crippen LogP contribution in [0.15, 0.2) is 48.5 Å². The van der Waals surface area contributed by atoms with Crippen molar-refractivity contribution in [3.05, 3.63) is 64.2 Å². The van der Waals surface area contributed by atoms with Gasteiger partial charge in [-0.25, -0.2) is 4.79 Å². The molecule has 1 atom stereocenters. The van der Waals surface area contributed by atoms with E-state index in [0.717, 1.165) is 6.07 Å². The average molecular weight is 357 g/mol. The molecule has 136 valence electrons. The van der Waals surface area contributed by atoms with Crippen molar-refractivity contribution in [2.75, 3.05) is 19.4 Å². The van der Waals surface area contributed by atoms with Crippen molar-refractivity contribution in [3.8, 4) is 0 Å². The molecule has 1 N–H and O–H groups in total. The lowest BCUT2D eigenvalue weighted by Crippen LogP contribution is -2.34. The number of benzene rings is 2. The number of nitrogens with one attached hydrogen (secondary N) is 1. The van der Waals surface area contributed by atoms with E-state index in [0.29, 0.717) is 5.69 Å². The lowest BCUT2D eigenvalue weighted by molar-refractivity contribution is -0.383. The Morgan fingerprint density at radius 1 is 1.15 bits per heavy atom. The molecular formula is C18H19N3O5. The SMILES string of the molecule is C[C@H](OC(=O)c1ccc(Nc2ccccc2)c([N+](=O)[O-])c1)C(=O)N(C)C. The molecular weight excluding hydrogens is 338 g/mol. The number of likely N-dealkylation sites (N-methyl/N-ethyl adjacent to an activating group) is 1. The van der Waals surface area contributed by atoms with Gasteiger partial charge in [0.05, 0.1) is 10.5 Å². The van der Waals surface area contributed by atoms with Crippen LogP contribution in [0.5, 0.6) is 0 Å². The van der Waals surface area contributed by atoms with E-state index in [1.54, 1.807) is 38.4 Å². The third kappa shape index (κ3) is 4.56. The molecule has 0 spiro atoms. The van der Waals surface area contributed by atoms with E-state index in [4.69, 9.17) is 4.74 Å². The van der Waals surface area contributed by atoms with Crippen LogP contribution in [0.25, 0.3) is 0 Å². The lowest BCUT2D eigenvalue weighted by atomic mass is 10.1. The number of amides is 1. The quantitative estimate of drug-likeness (QED) is 0.484. The third-order valence-electron chi connectivity index (χ3n) is 3.56. The van der Waals surface area contributed by atoms with Gasteiger partial charge in [-0.15, -0.1) is 0 Å². The zero-order valence-corrected chi connectivity index (χ0v) is 14.6. The maximum atomic E-state index is 12.2. The number of hydrogen-bond acceptors (Lipinski definition) is 6. The van der Waals surface area contributed by atoms with Crippen molar-refractivity contribution in [2.45, 2.75) is 13.0 Å². The molecule has 0 aliphatic rings. The van der Waals surface area contributed by atoms with E-state index in [-0.39, 0.29) is 22.8 Å². The van der Waals surface area contributed by atoms with Crippen molar-refractivity contribution in [3.63, 3.8) is 0 Å². The molecule has 0 radical (unpaired) electrons. The predicted molar refractivity (Wildman–Crippen MR) is 96.4 cm³/mol. The zero-order valence-electron chi connectivity index (χ0n) is 14.6. The molecule has 0 aromatic heterocycles. The fourth-order valence-electron chi connectivity index (χ4n) is 2.23. The van der Waals surface area contributed by atoms with Crippen LogP contribution >= 0.6 is 0 Å². The Morgan fingerprint density at radius 2 is 1.81 bits per heavy atom. The van der Waals surface area contributed by atoms with Gasteiger partial charge in [0, 0.05) is 25.8 Å². The molecule has 2 aromatic carbocycles. The summed E-state index contributed by atoms with van der Waals surface area (Å²) in [5.74, 6) is -1.18. The molecule has 2 aromatic rings. The normalized spacial score (nSPS) is 11.3. The molecule has 0 heterocycles. The number of para-hydroxylation sites is 1. The number of rotatable bonds is 6. The summed E-state index contributed by atoms with van der Waals surface area (Å²) in [6.07, 6.45) is -0.987. The first-order valence-electron chi connectivity index (χ1n) is 7.82. The van der Waals surface area contributed by atoms with Gasteiger partial charge in [0.15, 0.2) is 6.10 Å². The second kappa shape index (κ2) is 8.11. The molecule has 0 fully saturated rings. The molecule has 8 heteroatoms.